The molecule has 1 aliphatic carbocycles. The van der Waals surface area contributed by atoms with Crippen LogP contribution >= 0.6 is 11.6 Å². The van der Waals surface area contributed by atoms with Crippen LogP contribution in [-0.4, -0.2) is 23.1 Å². The third kappa shape index (κ3) is 4.38. The fraction of sp³-hybridized carbons (Fsp3) is 0.529. The number of carboxylic acids is 1. The molecule has 0 spiro atoms. The Kier molecular flexibility index (Phi) is 5.70. The number of aliphatic carboxylic acids is 1. The number of urea groups is 1. The fourth-order valence-corrected chi connectivity index (χ4v) is 3.22. The lowest BCUT2D eigenvalue weighted by Crippen LogP contribution is -2.50. The fourth-order valence-electron chi connectivity index (χ4n) is 3.04. The van der Waals surface area contributed by atoms with Gasteiger partial charge in [-0.2, -0.15) is 0 Å². The highest BCUT2D eigenvalue weighted by Gasteiger charge is 2.30. The van der Waals surface area contributed by atoms with Crippen LogP contribution in [0.2, 0.25) is 5.02 Å². The number of hydrogen-bond donors (Lipinski definition) is 3. The minimum atomic E-state index is -0.933. The van der Waals surface area contributed by atoms with E-state index in [9.17, 15) is 14.0 Å². The number of halogens is 2. The maximum Gasteiger partial charge on any atom is 0.315 e. The van der Waals surface area contributed by atoms with Gasteiger partial charge in [-0.3, -0.25) is 4.79 Å². The molecule has 0 saturated heterocycles. The first-order valence-corrected chi connectivity index (χ1v) is 8.34. The topological polar surface area (TPSA) is 78.4 Å². The lowest BCUT2D eigenvalue weighted by atomic mass is 9.86. The van der Waals surface area contributed by atoms with Gasteiger partial charge in [0.1, 0.15) is 5.82 Å². The molecular weight excluding hydrogens is 335 g/mol. The standard InChI is InChI=1S/C17H22ClFN2O3/c1-17(2,12-4-3-5-13(18)14(12)19)21-16(24)20-11-8-6-10(7-9-11)15(22)23/h3-5,10-11H,6-9H2,1-2H3,(H,22,23)(H2,20,21,24). The Labute approximate surface area is 145 Å². The summed E-state index contributed by atoms with van der Waals surface area (Å²) in [6.07, 6.45) is 2.34. The Morgan fingerprint density at radius 2 is 1.88 bits per heavy atom. The van der Waals surface area contributed by atoms with Crippen molar-refractivity contribution in [1.29, 1.82) is 0 Å². The van der Waals surface area contributed by atoms with Crippen LogP contribution in [0.3, 0.4) is 0 Å². The van der Waals surface area contributed by atoms with Gasteiger partial charge in [-0.1, -0.05) is 23.7 Å². The monoisotopic (exact) mass is 356 g/mol. The molecule has 7 heteroatoms. The molecule has 0 aromatic heterocycles. The summed E-state index contributed by atoms with van der Waals surface area (Å²) >= 11 is 5.80. The third-order valence-corrected chi connectivity index (χ3v) is 4.75. The molecule has 0 radical (unpaired) electrons. The van der Waals surface area contributed by atoms with Crippen molar-refractivity contribution in [3.05, 3.63) is 34.6 Å². The molecule has 0 unspecified atom stereocenters. The van der Waals surface area contributed by atoms with Crippen LogP contribution in [0.4, 0.5) is 9.18 Å². The molecule has 132 valence electrons. The molecule has 3 N–H and O–H groups in total. The van der Waals surface area contributed by atoms with E-state index in [0.717, 1.165) is 0 Å². The predicted molar refractivity (Wildman–Crippen MR) is 89.5 cm³/mol. The molecule has 2 amide bonds. The minimum absolute atomic E-state index is 0.00905. The molecule has 0 atom stereocenters. The molecule has 0 bridgehead atoms. The van der Waals surface area contributed by atoms with E-state index in [1.807, 2.05) is 0 Å². The van der Waals surface area contributed by atoms with E-state index in [0.29, 0.717) is 31.2 Å². The van der Waals surface area contributed by atoms with Gasteiger partial charge in [-0.15, -0.1) is 0 Å². The first-order valence-electron chi connectivity index (χ1n) is 7.96. The zero-order chi connectivity index (χ0) is 17.9. The van der Waals surface area contributed by atoms with E-state index in [1.165, 1.54) is 6.07 Å². The number of amides is 2. The van der Waals surface area contributed by atoms with E-state index in [-0.39, 0.29) is 17.0 Å². The van der Waals surface area contributed by atoms with Crippen LogP contribution in [0.25, 0.3) is 0 Å². The van der Waals surface area contributed by atoms with E-state index in [1.54, 1.807) is 26.0 Å². The summed E-state index contributed by atoms with van der Waals surface area (Å²) < 4.78 is 14.2. The van der Waals surface area contributed by atoms with Gasteiger partial charge < -0.3 is 15.7 Å². The summed E-state index contributed by atoms with van der Waals surface area (Å²) in [4.78, 5) is 23.2. The van der Waals surface area contributed by atoms with E-state index < -0.39 is 23.4 Å². The van der Waals surface area contributed by atoms with E-state index in [2.05, 4.69) is 10.6 Å². The van der Waals surface area contributed by atoms with Crippen LogP contribution in [0.15, 0.2) is 18.2 Å². The number of benzene rings is 1. The van der Waals surface area contributed by atoms with Crippen molar-refractivity contribution in [1.82, 2.24) is 10.6 Å². The lowest BCUT2D eigenvalue weighted by Gasteiger charge is -2.31. The second-order valence-electron chi connectivity index (χ2n) is 6.71. The second kappa shape index (κ2) is 7.38. The average Bonchev–Trinajstić information content (AvgIpc) is 2.49. The van der Waals surface area contributed by atoms with Crippen LogP contribution in [-0.2, 0) is 10.3 Å². The molecule has 1 aromatic rings. The first-order chi connectivity index (χ1) is 11.2. The number of hydrogen-bond acceptors (Lipinski definition) is 2. The summed E-state index contributed by atoms with van der Waals surface area (Å²) in [5.74, 6) is -1.66. The second-order valence-corrected chi connectivity index (χ2v) is 7.12. The van der Waals surface area contributed by atoms with Crippen LogP contribution in [0, 0.1) is 11.7 Å². The molecule has 24 heavy (non-hydrogen) atoms. The van der Waals surface area contributed by atoms with Gasteiger partial charge in [0.05, 0.1) is 16.5 Å². The Morgan fingerprint density at radius 1 is 1.25 bits per heavy atom. The van der Waals surface area contributed by atoms with Gasteiger partial charge in [-0.25, -0.2) is 9.18 Å². The summed E-state index contributed by atoms with van der Waals surface area (Å²) in [7, 11) is 0. The normalized spacial score (nSPS) is 21.2. The van der Waals surface area contributed by atoms with Crippen molar-refractivity contribution in [2.24, 2.45) is 5.92 Å². The molecule has 2 rings (SSSR count). The number of carboxylic acid groups (broad SMARTS) is 1. The quantitative estimate of drug-likeness (QED) is 0.770. The summed E-state index contributed by atoms with van der Waals surface area (Å²) in [6, 6.07) is 4.20. The van der Waals surface area contributed by atoms with E-state index >= 15 is 0 Å². The zero-order valence-electron chi connectivity index (χ0n) is 13.7. The van der Waals surface area contributed by atoms with Crippen molar-refractivity contribution in [2.75, 3.05) is 0 Å². The number of nitrogens with one attached hydrogen (secondary N) is 2. The van der Waals surface area contributed by atoms with Gasteiger partial charge in [0.2, 0.25) is 0 Å². The van der Waals surface area contributed by atoms with Crippen molar-refractivity contribution in [3.8, 4) is 0 Å². The summed E-state index contributed by atoms with van der Waals surface area (Å²) in [5, 5.41) is 14.6. The Balaban J connectivity index is 1.94. The van der Waals surface area contributed by atoms with Crippen LogP contribution < -0.4 is 10.6 Å². The third-order valence-electron chi connectivity index (χ3n) is 4.46. The molecular formula is C17H22ClFN2O3. The zero-order valence-corrected chi connectivity index (χ0v) is 14.5. The highest BCUT2D eigenvalue weighted by Crippen LogP contribution is 2.28. The Morgan fingerprint density at radius 3 is 2.46 bits per heavy atom. The Hall–Kier alpha value is -1.82. The highest BCUT2D eigenvalue weighted by molar-refractivity contribution is 6.30. The van der Waals surface area contributed by atoms with Gasteiger partial charge in [0.25, 0.3) is 0 Å². The predicted octanol–water partition coefficient (Wildman–Crippen LogP) is 3.66. The molecule has 1 fully saturated rings. The van der Waals surface area contributed by atoms with Gasteiger partial charge in [0, 0.05) is 11.6 Å². The number of carbonyl (C=O) groups is 2. The van der Waals surface area contributed by atoms with Crippen molar-refractivity contribution in [3.63, 3.8) is 0 Å². The number of carbonyl (C=O) groups excluding carboxylic acids is 1. The molecule has 1 aromatic carbocycles. The summed E-state index contributed by atoms with van der Waals surface area (Å²) in [6.45, 7) is 3.39. The van der Waals surface area contributed by atoms with Crippen molar-refractivity contribution in [2.45, 2.75) is 51.1 Å². The van der Waals surface area contributed by atoms with Crippen LogP contribution in [0.5, 0.6) is 0 Å². The van der Waals surface area contributed by atoms with Crippen LogP contribution in [0.1, 0.15) is 45.1 Å². The SMILES string of the molecule is CC(C)(NC(=O)NC1CCC(C(=O)O)CC1)c1cccc(Cl)c1F. The maximum atomic E-state index is 14.2. The number of rotatable bonds is 4. The van der Waals surface area contributed by atoms with Gasteiger partial charge >= 0.3 is 12.0 Å². The molecule has 1 aliphatic rings. The van der Waals surface area contributed by atoms with Crippen molar-refractivity contribution >= 4 is 23.6 Å². The summed E-state index contributed by atoms with van der Waals surface area (Å²) in [5.41, 5.74) is -0.628. The highest BCUT2D eigenvalue weighted by atomic mass is 35.5. The van der Waals surface area contributed by atoms with E-state index in [4.69, 9.17) is 16.7 Å². The van der Waals surface area contributed by atoms with Gasteiger partial charge in [-0.05, 0) is 45.6 Å². The molecule has 0 heterocycles. The largest absolute Gasteiger partial charge is 0.481 e. The minimum Gasteiger partial charge on any atom is -0.481 e. The molecule has 5 nitrogen and oxygen atoms in total. The lowest BCUT2D eigenvalue weighted by molar-refractivity contribution is -0.142. The first kappa shape index (κ1) is 18.5. The smallest absolute Gasteiger partial charge is 0.315 e. The van der Waals surface area contributed by atoms with Crippen molar-refractivity contribution < 1.29 is 19.1 Å². The average molecular weight is 357 g/mol. The van der Waals surface area contributed by atoms with Gasteiger partial charge in [0.15, 0.2) is 0 Å². The Bertz CT molecular complexity index is 628. The maximum absolute atomic E-state index is 14.2. The molecule has 1 saturated carbocycles. The molecule has 0 aliphatic heterocycles.